The van der Waals surface area contributed by atoms with Crippen LogP contribution in [0.4, 0.5) is 0 Å². The molecule has 0 saturated carbocycles. The normalized spacial score (nSPS) is 15.1. The maximum Gasteiger partial charge on any atom is 0.243 e. The SMILES string of the molecule is CC[C@H](C)[C@H](NC(=O)[C@H](CCCN=C(N)N)NC(=O)[C@@H](NC(=O)[C@H](CCCN)NC(=O)[C@@H](NC(=O)[C@@H](NC(=O)[C@H](CC(C)C)NC(=O)[C@H](CCCN=C(N)N)NC(=O)[C@@H](N)C(C)C)[C@@H](C)CC)C(C)C)C(C)C)C(=O)N[C@@H](Cc1c[nH]c2ccccc12)C(=O)N[C@@H](CCCN=C(N)N)C(=O)N[C@@H](CCCN=C(N)N)C(N)=O. The van der Waals surface area contributed by atoms with Crippen molar-refractivity contribution in [3.05, 3.63) is 36.0 Å². The van der Waals surface area contributed by atoms with Crippen LogP contribution in [-0.2, 0) is 64.0 Å². The highest BCUT2D eigenvalue weighted by atomic mass is 16.2. The van der Waals surface area contributed by atoms with Gasteiger partial charge in [0.15, 0.2) is 23.8 Å². The zero-order valence-electron chi connectivity index (χ0n) is 67.3. The number of aromatic amines is 1. The van der Waals surface area contributed by atoms with Crippen LogP contribution in [0.1, 0.15) is 172 Å². The Bertz CT molecular complexity index is 3510. The molecule has 39 nitrogen and oxygen atoms in total. The molecule has 1 heterocycles. The van der Waals surface area contributed by atoms with Crippen molar-refractivity contribution >= 4 is 106 Å². The van der Waals surface area contributed by atoms with Crippen LogP contribution in [0.15, 0.2) is 50.4 Å². The van der Waals surface area contributed by atoms with Crippen LogP contribution in [0.25, 0.3) is 10.9 Å². The van der Waals surface area contributed by atoms with E-state index in [-0.39, 0.29) is 145 Å². The lowest BCUT2D eigenvalue weighted by Crippen LogP contribution is -2.62. The number of rotatable bonds is 53. The maximum atomic E-state index is 15.0. The van der Waals surface area contributed by atoms with Gasteiger partial charge in [-0.2, -0.15) is 0 Å². The Morgan fingerprint density at radius 3 is 1.07 bits per heavy atom. The lowest BCUT2D eigenvalue weighted by molar-refractivity contribution is -0.137. The first-order valence-electron chi connectivity index (χ1n) is 38.5. The summed E-state index contributed by atoms with van der Waals surface area (Å²) < 4.78 is 0. The van der Waals surface area contributed by atoms with E-state index in [0.717, 1.165) is 0 Å². The minimum atomic E-state index is -1.45. The van der Waals surface area contributed by atoms with Crippen molar-refractivity contribution in [3.8, 4) is 0 Å². The zero-order valence-corrected chi connectivity index (χ0v) is 67.3. The summed E-state index contributed by atoms with van der Waals surface area (Å²) in [7, 11) is 0. The van der Waals surface area contributed by atoms with Gasteiger partial charge >= 0.3 is 0 Å². The van der Waals surface area contributed by atoms with Crippen LogP contribution in [0.2, 0.25) is 0 Å². The van der Waals surface area contributed by atoms with Crippen molar-refractivity contribution in [2.24, 2.45) is 119 Å². The molecule has 0 unspecified atom stereocenters. The van der Waals surface area contributed by atoms with Gasteiger partial charge in [-0.25, -0.2) is 0 Å². The molecule has 14 atom stereocenters. The van der Waals surface area contributed by atoms with Gasteiger partial charge in [-0.15, -0.1) is 0 Å². The van der Waals surface area contributed by atoms with Crippen molar-refractivity contribution in [3.63, 3.8) is 0 Å². The van der Waals surface area contributed by atoms with E-state index < -0.39 is 167 Å². The molecule has 0 saturated heterocycles. The van der Waals surface area contributed by atoms with Crippen LogP contribution >= 0.6 is 0 Å². The number of carbonyl (C=O) groups excluding carboxylic acids is 12. The maximum absolute atomic E-state index is 15.0. The minimum Gasteiger partial charge on any atom is -0.370 e. The molecule has 0 aliphatic heterocycles. The molecule has 2 rings (SSSR count). The molecule has 1 aromatic carbocycles. The van der Waals surface area contributed by atoms with Gasteiger partial charge in [-0.1, -0.05) is 114 Å². The number of primary amides is 1. The molecule has 0 spiro atoms. The quantitative estimate of drug-likeness (QED) is 0.0170. The van der Waals surface area contributed by atoms with Gasteiger partial charge in [-0.3, -0.25) is 77.5 Å². The van der Waals surface area contributed by atoms with Crippen molar-refractivity contribution in [1.82, 2.24) is 63.5 Å². The highest BCUT2D eigenvalue weighted by Crippen LogP contribution is 2.22. The lowest BCUT2D eigenvalue weighted by Gasteiger charge is -2.31. The second-order valence-corrected chi connectivity index (χ2v) is 29.7. The first kappa shape index (κ1) is 97.5. The smallest absolute Gasteiger partial charge is 0.243 e. The number of guanidine groups is 4. The van der Waals surface area contributed by atoms with Crippen LogP contribution < -0.4 is 122 Å². The molecule has 0 fully saturated rings. The molecule has 34 N–H and O–H groups in total. The van der Waals surface area contributed by atoms with Gasteiger partial charge in [-0.05, 0) is 124 Å². The largest absolute Gasteiger partial charge is 0.370 e. The Balaban J connectivity index is 2.60. The summed E-state index contributed by atoms with van der Waals surface area (Å²) in [5, 5.41) is 31.0. The third-order valence-corrected chi connectivity index (χ3v) is 18.8. The van der Waals surface area contributed by atoms with Crippen molar-refractivity contribution in [2.75, 3.05) is 32.7 Å². The topological polar surface area (TPSA) is 689 Å². The summed E-state index contributed by atoms with van der Waals surface area (Å²) in [6.07, 6.45) is 3.11. The van der Waals surface area contributed by atoms with Crippen LogP contribution in [0.5, 0.6) is 0 Å². The highest BCUT2D eigenvalue weighted by Gasteiger charge is 2.40. The van der Waals surface area contributed by atoms with Gasteiger partial charge in [0.2, 0.25) is 70.9 Å². The molecular weight excluding hydrogens is 1450 g/mol. The predicted molar refractivity (Wildman–Crippen MR) is 431 cm³/mol. The van der Waals surface area contributed by atoms with Crippen LogP contribution in [0, 0.1) is 35.5 Å². The van der Waals surface area contributed by atoms with Gasteiger partial charge in [0.1, 0.15) is 66.5 Å². The highest BCUT2D eigenvalue weighted by molar-refractivity contribution is 6.00. The fourth-order valence-corrected chi connectivity index (χ4v) is 11.8. The Kier molecular flexibility index (Phi) is 43.8. The number of carbonyl (C=O) groups is 12. The summed E-state index contributed by atoms with van der Waals surface area (Å²) in [4.78, 5) is 191. The van der Waals surface area contributed by atoms with Gasteiger partial charge in [0.25, 0.3) is 0 Å². The van der Waals surface area contributed by atoms with E-state index in [4.69, 9.17) is 63.1 Å². The molecule has 12 amide bonds. The van der Waals surface area contributed by atoms with E-state index in [1.165, 1.54) is 0 Å². The van der Waals surface area contributed by atoms with Gasteiger partial charge < -0.3 is 127 Å². The molecule has 112 heavy (non-hydrogen) atoms. The number of hydrogen-bond donors (Lipinski definition) is 23. The summed E-state index contributed by atoms with van der Waals surface area (Å²) in [5.74, 6) is -13.2. The molecule has 2 aromatic rings. The second kappa shape index (κ2) is 50.3. The summed E-state index contributed by atoms with van der Waals surface area (Å²) in [5.41, 5.74) is 63.5. The minimum absolute atomic E-state index is 0.00236. The molecule has 39 heteroatoms. The van der Waals surface area contributed by atoms with Crippen molar-refractivity contribution in [1.29, 1.82) is 0 Å². The van der Waals surface area contributed by atoms with Gasteiger partial charge in [0.05, 0.1) is 6.04 Å². The van der Waals surface area contributed by atoms with E-state index in [9.17, 15) is 52.7 Å². The van der Waals surface area contributed by atoms with Crippen molar-refractivity contribution < 1.29 is 57.5 Å². The number of nitrogens with one attached hydrogen (secondary N) is 12. The number of nitrogens with zero attached hydrogens (tertiary/aromatic N) is 4. The average Bonchev–Trinajstić information content (AvgIpc) is 1.59. The predicted octanol–water partition coefficient (Wildman–Crippen LogP) is -4.08. The second-order valence-electron chi connectivity index (χ2n) is 29.7. The Labute approximate surface area is 656 Å². The number of nitrogens with two attached hydrogens (primary N) is 11. The van der Waals surface area contributed by atoms with Crippen LogP contribution in [-0.4, -0.2) is 205 Å². The van der Waals surface area contributed by atoms with Gasteiger partial charge in [0, 0.05) is 49.7 Å². The number of H-pyrrole nitrogens is 1. The molecular formula is C73H131N27O12. The van der Waals surface area contributed by atoms with E-state index in [2.05, 4.69) is 83.4 Å². The number of amides is 12. The third-order valence-electron chi connectivity index (χ3n) is 18.8. The number of hydrogen-bond acceptors (Lipinski definition) is 18. The number of aromatic nitrogens is 1. The standard InChI is InChI=1S/C73H131N27O12/c1-13-41(11)56(68(111)96-52(35-43-36-89-45-23-16-15-22-44(43)45)63(106)91-48(26-19-31-86-71(79)80)59(102)90-46(58(76)101)25-18-30-85-70(77)78)99-62(105)50(28-21-33-88-73(83)84)94-66(109)54(39(7)8)97-61(104)47(24-17-29-74)93-67(110)55(40(9)10)98-69(112)57(42(12)14-2)100-64(107)51(34-37(3)4)95-60(103)49(27-20-32-87-72(81)82)92-65(108)53(75)38(5)6/h15-16,22-23,36-42,46-57,89H,13-14,17-21,24-35,74-75H2,1-12H3,(H2,76,101)(H,90,102)(H,91,106)(H,92,108)(H,93,110)(H,94,109)(H,95,103)(H,96,111)(H,97,104)(H,98,112)(H,99,105)(H,100,107)(H4,77,78,85)(H4,79,80,86)(H4,81,82,87)(H4,83,84,88)/t41-,42-,46-,47-,48-,49-,50-,51-,52-,53-,54-,55-,56-,57-/m0/s1. The molecule has 1 aromatic heterocycles. The number of para-hydroxylation sites is 1. The Morgan fingerprint density at radius 1 is 0.375 bits per heavy atom. The average molecular weight is 1580 g/mol. The third kappa shape index (κ3) is 35.2. The Morgan fingerprint density at radius 2 is 0.688 bits per heavy atom. The number of fused-ring (bicyclic) bond motifs is 1. The number of benzene rings is 1. The molecule has 630 valence electrons. The zero-order chi connectivity index (χ0) is 84.6. The van der Waals surface area contributed by atoms with Crippen LogP contribution in [0.3, 0.4) is 0 Å². The van der Waals surface area contributed by atoms with E-state index >= 15 is 4.79 Å². The number of aliphatic imine (C=N–C) groups is 4. The molecule has 0 radical (unpaired) electrons. The first-order chi connectivity index (χ1) is 52.7. The fourth-order valence-electron chi connectivity index (χ4n) is 11.8. The first-order valence-corrected chi connectivity index (χ1v) is 38.5. The summed E-state index contributed by atoms with van der Waals surface area (Å²) in [6.45, 7) is 21.1. The molecule has 0 aliphatic carbocycles. The lowest BCUT2D eigenvalue weighted by atomic mass is 9.95. The molecule has 0 bridgehead atoms. The van der Waals surface area contributed by atoms with E-state index in [0.29, 0.717) is 29.3 Å². The summed E-state index contributed by atoms with van der Waals surface area (Å²) in [6, 6.07) is -8.31. The molecule has 0 aliphatic rings. The van der Waals surface area contributed by atoms with E-state index in [1.54, 1.807) is 87.6 Å². The fraction of sp³-hybridized carbons (Fsp3) is 0.671. The summed E-state index contributed by atoms with van der Waals surface area (Å²) >= 11 is 0. The Hall–Kier alpha value is -10.6. The van der Waals surface area contributed by atoms with E-state index in [1.807, 2.05) is 26.0 Å². The van der Waals surface area contributed by atoms with Crippen molar-refractivity contribution in [2.45, 2.75) is 245 Å². The monoisotopic (exact) mass is 1580 g/mol.